The summed E-state index contributed by atoms with van der Waals surface area (Å²) in [5.74, 6) is 0.645. The summed E-state index contributed by atoms with van der Waals surface area (Å²) in [5, 5.41) is 15.6. The molecule has 5 rings (SSSR count). The van der Waals surface area contributed by atoms with Crippen molar-refractivity contribution in [1.29, 1.82) is 0 Å². The molecule has 1 aromatic carbocycles. The van der Waals surface area contributed by atoms with E-state index in [1.165, 1.54) is 0 Å². The van der Waals surface area contributed by atoms with Gasteiger partial charge in [-0.1, -0.05) is 41.9 Å². The van der Waals surface area contributed by atoms with Gasteiger partial charge in [0.25, 0.3) is 5.91 Å². The van der Waals surface area contributed by atoms with E-state index in [1.54, 1.807) is 10.9 Å². The normalized spacial score (nSPS) is 13.8. The van der Waals surface area contributed by atoms with Crippen molar-refractivity contribution in [3.63, 3.8) is 0 Å². The third kappa shape index (κ3) is 2.84. The van der Waals surface area contributed by atoms with E-state index in [-0.39, 0.29) is 11.1 Å². The third-order valence-electron chi connectivity index (χ3n) is 4.98. The second kappa shape index (κ2) is 6.45. The number of amides is 1. The Morgan fingerprint density at radius 3 is 2.82 bits per heavy atom. The molecule has 3 heterocycles. The van der Waals surface area contributed by atoms with Crippen LogP contribution in [-0.2, 0) is 7.05 Å². The van der Waals surface area contributed by atoms with Crippen LogP contribution in [0.3, 0.4) is 0 Å². The van der Waals surface area contributed by atoms with E-state index in [2.05, 4.69) is 25.6 Å². The molecule has 0 bridgehead atoms. The average Bonchev–Trinajstić information content (AvgIpc) is 3.39. The Labute approximate surface area is 165 Å². The van der Waals surface area contributed by atoms with Crippen LogP contribution in [0.2, 0.25) is 5.15 Å². The number of H-pyrrole nitrogens is 1. The molecule has 8 heteroatoms. The summed E-state index contributed by atoms with van der Waals surface area (Å²) in [6, 6.07) is 11.6. The number of nitrogens with zero attached hydrogens (tertiary/aromatic N) is 4. The van der Waals surface area contributed by atoms with Crippen LogP contribution in [0.4, 0.5) is 5.82 Å². The SMILES string of the molecule is Cn1nc(-c2ccccc2)c2c(NC(=O)c3cc(C4CC4)cnc3Cl)[nH]nc21. The second-order valence-corrected chi connectivity index (χ2v) is 7.33. The van der Waals surface area contributed by atoms with Gasteiger partial charge in [-0.2, -0.15) is 10.2 Å². The molecular weight excluding hydrogens is 376 g/mol. The van der Waals surface area contributed by atoms with Crippen LogP contribution in [0, 0.1) is 0 Å². The van der Waals surface area contributed by atoms with Crippen LogP contribution in [0.25, 0.3) is 22.3 Å². The number of carbonyl (C=O) groups is 1. The van der Waals surface area contributed by atoms with Crippen molar-refractivity contribution in [1.82, 2.24) is 25.0 Å². The van der Waals surface area contributed by atoms with Crippen LogP contribution >= 0.6 is 11.6 Å². The highest BCUT2D eigenvalue weighted by Gasteiger charge is 2.26. The highest BCUT2D eigenvalue weighted by molar-refractivity contribution is 6.33. The number of hydrogen-bond acceptors (Lipinski definition) is 4. The largest absolute Gasteiger partial charge is 0.306 e. The zero-order chi connectivity index (χ0) is 19.3. The maximum Gasteiger partial charge on any atom is 0.259 e. The Bertz CT molecular complexity index is 1190. The lowest BCUT2D eigenvalue weighted by Gasteiger charge is -2.07. The van der Waals surface area contributed by atoms with Gasteiger partial charge in [-0.15, -0.1) is 0 Å². The molecule has 1 saturated carbocycles. The van der Waals surface area contributed by atoms with Crippen molar-refractivity contribution in [2.24, 2.45) is 7.05 Å². The number of halogens is 1. The molecule has 0 spiro atoms. The number of nitrogens with one attached hydrogen (secondary N) is 2. The van der Waals surface area contributed by atoms with E-state index in [0.29, 0.717) is 22.9 Å². The number of benzene rings is 1. The van der Waals surface area contributed by atoms with Crippen LogP contribution in [0.15, 0.2) is 42.6 Å². The summed E-state index contributed by atoms with van der Waals surface area (Å²) in [4.78, 5) is 17.1. The lowest BCUT2D eigenvalue weighted by molar-refractivity contribution is 0.102. The molecule has 0 aliphatic heterocycles. The molecule has 0 atom stereocenters. The number of fused-ring (bicyclic) bond motifs is 1. The van der Waals surface area contributed by atoms with E-state index >= 15 is 0 Å². The van der Waals surface area contributed by atoms with Gasteiger partial charge in [0.1, 0.15) is 16.7 Å². The molecular formula is C20H17ClN6O. The predicted octanol–water partition coefficient (Wildman–Crippen LogP) is 4.14. The van der Waals surface area contributed by atoms with Gasteiger partial charge in [-0.05, 0) is 30.4 Å². The van der Waals surface area contributed by atoms with Crippen molar-refractivity contribution in [2.45, 2.75) is 18.8 Å². The molecule has 1 amide bonds. The van der Waals surface area contributed by atoms with Gasteiger partial charge < -0.3 is 5.32 Å². The molecule has 1 aliphatic carbocycles. The maximum absolute atomic E-state index is 12.9. The zero-order valence-electron chi connectivity index (χ0n) is 15.1. The first kappa shape index (κ1) is 16.9. The minimum absolute atomic E-state index is 0.187. The number of aromatic amines is 1. The number of anilines is 1. The van der Waals surface area contributed by atoms with Crippen molar-refractivity contribution in [3.8, 4) is 11.3 Å². The van der Waals surface area contributed by atoms with Gasteiger partial charge >= 0.3 is 0 Å². The maximum atomic E-state index is 12.9. The first-order valence-electron chi connectivity index (χ1n) is 9.05. The predicted molar refractivity (Wildman–Crippen MR) is 107 cm³/mol. The van der Waals surface area contributed by atoms with Crippen molar-refractivity contribution >= 4 is 34.4 Å². The highest BCUT2D eigenvalue weighted by Crippen LogP contribution is 2.40. The Kier molecular flexibility index (Phi) is 3.91. The van der Waals surface area contributed by atoms with Gasteiger partial charge in [0.2, 0.25) is 0 Å². The fourth-order valence-corrected chi connectivity index (χ4v) is 3.56. The monoisotopic (exact) mass is 392 g/mol. The summed E-state index contributed by atoms with van der Waals surface area (Å²) in [6.07, 6.45) is 4.00. The third-order valence-corrected chi connectivity index (χ3v) is 5.28. The number of hydrogen-bond donors (Lipinski definition) is 2. The summed E-state index contributed by atoms with van der Waals surface area (Å²) < 4.78 is 1.69. The first-order valence-corrected chi connectivity index (χ1v) is 9.43. The zero-order valence-corrected chi connectivity index (χ0v) is 15.9. The molecule has 1 fully saturated rings. The Balaban J connectivity index is 1.54. The Morgan fingerprint density at radius 2 is 2.07 bits per heavy atom. The van der Waals surface area contributed by atoms with Crippen LogP contribution in [-0.4, -0.2) is 30.9 Å². The molecule has 28 heavy (non-hydrogen) atoms. The molecule has 4 aromatic rings. The van der Waals surface area contributed by atoms with Gasteiger partial charge in [0.05, 0.1) is 10.9 Å². The van der Waals surface area contributed by atoms with Gasteiger partial charge in [0.15, 0.2) is 5.65 Å². The molecule has 2 N–H and O–H groups in total. The second-order valence-electron chi connectivity index (χ2n) is 6.97. The van der Waals surface area contributed by atoms with Crippen LogP contribution in [0.5, 0.6) is 0 Å². The summed E-state index contributed by atoms with van der Waals surface area (Å²) >= 11 is 6.19. The fourth-order valence-electron chi connectivity index (χ4n) is 3.37. The number of rotatable bonds is 4. The molecule has 0 saturated heterocycles. The molecule has 1 aliphatic rings. The number of aryl methyl sites for hydroxylation is 1. The standard InChI is InChI=1S/C20H17ClN6O/c1-27-19-15(16(26-27)12-5-3-2-4-6-12)18(24-25-19)23-20(28)14-9-13(11-7-8-11)10-22-17(14)21/h2-6,9-11H,7-8H2,1H3,(H2,23,24,25,28). The van der Waals surface area contributed by atoms with Crippen molar-refractivity contribution in [3.05, 3.63) is 58.9 Å². The molecule has 0 radical (unpaired) electrons. The minimum Gasteiger partial charge on any atom is -0.306 e. The van der Waals surface area contributed by atoms with Gasteiger partial charge in [-0.3, -0.25) is 9.89 Å². The smallest absolute Gasteiger partial charge is 0.259 e. The quantitative estimate of drug-likeness (QED) is 0.511. The Hall–Kier alpha value is -3.19. The van der Waals surface area contributed by atoms with E-state index in [9.17, 15) is 4.79 Å². The lowest BCUT2D eigenvalue weighted by Crippen LogP contribution is -2.14. The van der Waals surface area contributed by atoms with Crippen LogP contribution in [0.1, 0.15) is 34.7 Å². The highest BCUT2D eigenvalue weighted by atomic mass is 35.5. The van der Waals surface area contributed by atoms with Crippen molar-refractivity contribution < 1.29 is 4.79 Å². The average molecular weight is 393 g/mol. The van der Waals surface area contributed by atoms with Crippen molar-refractivity contribution in [2.75, 3.05) is 5.32 Å². The van der Waals surface area contributed by atoms with Crippen LogP contribution < -0.4 is 5.32 Å². The van der Waals surface area contributed by atoms with E-state index < -0.39 is 0 Å². The molecule has 140 valence electrons. The molecule has 3 aromatic heterocycles. The molecule has 7 nitrogen and oxygen atoms in total. The van der Waals surface area contributed by atoms with Gasteiger partial charge in [0, 0.05) is 18.8 Å². The number of carbonyl (C=O) groups excluding carboxylic acids is 1. The summed E-state index contributed by atoms with van der Waals surface area (Å²) in [7, 11) is 1.82. The fraction of sp³-hybridized carbons (Fsp3) is 0.200. The lowest BCUT2D eigenvalue weighted by atomic mass is 10.1. The topological polar surface area (TPSA) is 88.5 Å². The molecule has 0 unspecified atom stereocenters. The number of pyridine rings is 1. The summed E-state index contributed by atoms with van der Waals surface area (Å²) in [6.45, 7) is 0. The van der Waals surface area contributed by atoms with E-state index in [4.69, 9.17) is 11.6 Å². The number of aromatic nitrogens is 5. The summed E-state index contributed by atoms with van der Waals surface area (Å²) in [5.41, 5.74) is 3.76. The van der Waals surface area contributed by atoms with Gasteiger partial charge in [-0.25, -0.2) is 9.67 Å². The Morgan fingerprint density at radius 1 is 1.29 bits per heavy atom. The van der Waals surface area contributed by atoms with E-state index in [0.717, 1.165) is 35.0 Å². The van der Waals surface area contributed by atoms with E-state index in [1.807, 2.05) is 43.4 Å². The first-order chi connectivity index (χ1) is 13.6. The minimum atomic E-state index is -0.326.